The van der Waals surface area contributed by atoms with Gasteiger partial charge in [-0.05, 0) is 49.2 Å². The summed E-state index contributed by atoms with van der Waals surface area (Å²) in [6.07, 6.45) is 0. The zero-order chi connectivity index (χ0) is 24.7. The maximum absolute atomic E-state index is 13.7. The molecule has 10 heteroatoms. The Hall–Kier alpha value is -1.95. The van der Waals surface area contributed by atoms with Crippen LogP contribution in [0.15, 0.2) is 63.2 Å². The van der Waals surface area contributed by atoms with Crippen molar-refractivity contribution in [2.75, 3.05) is 39.4 Å². The van der Waals surface area contributed by atoms with E-state index < -0.39 is 22.0 Å². The Labute approximate surface area is 206 Å². The van der Waals surface area contributed by atoms with E-state index in [1.54, 1.807) is 55.4 Å². The van der Waals surface area contributed by atoms with Crippen molar-refractivity contribution >= 4 is 27.7 Å². The van der Waals surface area contributed by atoms with E-state index in [-0.39, 0.29) is 17.4 Å². The third-order valence-electron chi connectivity index (χ3n) is 5.72. The third-order valence-corrected chi connectivity index (χ3v) is 8.61. The molecular weight excluding hydrogens is 474 g/mol. The molecule has 34 heavy (non-hydrogen) atoms. The average Bonchev–Trinajstić information content (AvgIpc) is 2.82. The summed E-state index contributed by atoms with van der Waals surface area (Å²) < 4.78 is 34.0. The zero-order valence-electron chi connectivity index (χ0n) is 19.8. The largest absolute Gasteiger partial charge is 0.379 e. The standard InChI is InChI=1S/C24H33N3O5S2/c1-18(2)23(24(28)25-29)27(12-11-26-13-15-32-16-14-26)34(30,31)22-9-7-20(8-10-22)33-21-6-4-5-19(3)17-21/h4-10,17-18,23,29H,11-16H2,1-3H3,(H,25,28)/t23-/m1/s1. The second kappa shape index (κ2) is 12.1. The van der Waals surface area contributed by atoms with Crippen molar-refractivity contribution in [2.45, 2.75) is 41.5 Å². The van der Waals surface area contributed by atoms with Crippen LogP contribution < -0.4 is 5.48 Å². The molecule has 0 spiro atoms. The molecule has 0 unspecified atom stereocenters. The van der Waals surface area contributed by atoms with Gasteiger partial charge < -0.3 is 4.74 Å². The number of aryl methyl sites for hydroxylation is 1. The Bertz CT molecular complexity index is 1050. The van der Waals surface area contributed by atoms with E-state index in [9.17, 15) is 18.4 Å². The van der Waals surface area contributed by atoms with Crippen molar-refractivity contribution in [1.82, 2.24) is 14.7 Å². The van der Waals surface area contributed by atoms with Gasteiger partial charge in [-0.1, -0.05) is 43.3 Å². The number of hydrogen-bond acceptors (Lipinski definition) is 7. The summed E-state index contributed by atoms with van der Waals surface area (Å²) in [6, 6.07) is 13.7. The van der Waals surface area contributed by atoms with Crippen molar-refractivity contribution in [2.24, 2.45) is 5.92 Å². The molecule has 186 valence electrons. The number of benzene rings is 2. The molecule has 1 atom stereocenters. The number of nitrogens with one attached hydrogen (secondary N) is 1. The fraction of sp³-hybridized carbons (Fsp3) is 0.458. The van der Waals surface area contributed by atoms with Gasteiger partial charge in [0, 0.05) is 36.0 Å². The van der Waals surface area contributed by atoms with Gasteiger partial charge in [-0.15, -0.1) is 0 Å². The van der Waals surface area contributed by atoms with Crippen LogP contribution in [0, 0.1) is 12.8 Å². The van der Waals surface area contributed by atoms with Crippen LogP contribution in [0.1, 0.15) is 19.4 Å². The second-order valence-electron chi connectivity index (χ2n) is 8.62. The first-order valence-electron chi connectivity index (χ1n) is 11.3. The Morgan fingerprint density at radius 1 is 1.15 bits per heavy atom. The van der Waals surface area contributed by atoms with Crippen molar-refractivity contribution < 1.29 is 23.2 Å². The third kappa shape index (κ3) is 6.80. The predicted octanol–water partition coefficient (Wildman–Crippen LogP) is 3.00. The van der Waals surface area contributed by atoms with E-state index in [2.05, 4.69) is 11.0 Å². The molecule has 2 N–H and O–H groups in total. The molecule has 0 aromatic heterocycles. The Morgan fingerprint density at radius 2 is 1.82 bits per heavy atom. The lowest BCUT2D eigenvalue weighted by Gasteiger charge is -2.34. The number of amides is 1. The summed E-state index contributed by atoms with van der Waals surface area (Å²) in [4.78, 5) is 16.7. The predicted molar refractivity (Wildman–Crippen MR) is 131 cm³/mol. The van der Waals surface area contributed by atoms with Crippen LogP contribution in [0.4, 0.5) is 0 Å². The molecule has 2 aromatic rings. The number of hydroxylamine groups is 1. The van der Waals surface area contributed by atoms with E-state index in [1.165, 1.54) is 4.31 Å². The molecule has 1 heterocycles. The smallest absolute Gasteiger partial charge is 0.262 e. The summed E-state index contributed by atoms with van der Waals surface area (Å²) >= 11 is 1.55. The lowest BCUT2D eigenvalue weighted by atomic mass is 10.0. The highest BCUT2D eigenvalue weighted by Gasteiger charge is 2.38. The number of ether oxygens (including phenoxy) is 1. The number of carbonyl (C=O) groups excluding carboxylic acids is 1. The van der Waals surface area contributed by atoms with E-state index in [0.717, 1.165) is 15.4 Å². The number of morpholine rings is 1. The summed E-state index contributed by atoms with van der Waals surface area (Å²) in [6.45, 7) is 8.74. The highest BCUT2D eigenvalue weighted by Crippen LogP contribution is 2.30. The molecule has 0 radical (unpaired) electrons. The summed E-state index contributed by atoms with van der Waals surface area (Å²) in [5.41, 5.74) is 2.80. The molecule has 0 aliphatic carbocycles. The summed E-state index contributed by atoms with van der Waals surface area (Å²) in [7, 11) is -4.00. The van der Waals surface area contributed by atoms with Gasteiger partial charge in [0.25, 0.3) is 5.91 Å². The van der Waals surface area contributed by atoms with Crippen LogP contribution >= 0.6 is 11.8 Å². The SMILES string of the molecule is Cc1cccc(Sc2ccc(S(=O)(=O)N(CCN3CCOCC3)[C@@H](C(=O)NO)C(C)C)cc2)c1. The van der Waals surface area contributed by atoms with Crippen molar-refractivity contribution in [3.05, 3.63) is 54.1 Å². The van der Waals surface area contributed by atoms with Gasteiger partial charge in [-0.3, -0.25) is 14.9 Å². The summed E-state index contributed by atoms with van der Waals surface area (Å²) in [5, 5.41) is 9.30. The second-order valence-corrected chi connectivity index (χ2v) is 11.7. The zero-order valence-corrected chi connectivity index (χ0v) is 21.4. The van der Waals surface area contributed by atoms with Crippen LogP contribution in [0.2, 0.25) is 0 Å². The lowest BCUT2D eigenvalue weighted by molar-refractivity contribution is -0.134. The highest BCUT2D eigenvalue weighted by molar-refractivity contribution is 7.99. The van der Waals surface area contributed by atoms with Crippen molar-refractivity contribution in [3.63, 3.8) is 0 Å². The minimum atomic E-state index is -4.00. The van der Waals surface area contributed by atoms with Gasteiger partial charge in [0.1, 0.15) is 6.04 Å². The Kier molecular flexibility index (Phi) is 9.52. The van der Waals surface area contributed by atoms with Crippen LogP contribution in [0.25, 0.3) is 0 Å². The molecule has 1 amide bonds. The molecule has 1 saturated heterocycles. The minimum absolute atomic E-state index is 0.111. The number of hydrogen-bond donors (Lipinski definition) is 2. The molecule has 1 fully saturated rings. The minimum Gasteiger partial charge on any atom is -0.379 e. The molecule has 1 aliphatic heterocycles. The van der Waals surface area contributed by atoms with Crippen molar-refractivity contribution in [1.29, 1.82) is 0 Å². The molecule has 0 bridgehead atoms. The van der Waals surface area contributed by atoms with Gasteiger partial charge in [-0.2, -0.15) is 4.31 Å². The van der Waals surface area contributed by atoms with E-state index in [4.69, 9.17) is 4.74 Å². The van der Waals surface area contributed by atoms with Crippen LogP contribution in [0.5, 0.6) is 0 Å². The molecule has 8 nitrogen and oxygen atoms in total. The maximum Gasteiger partial charge on any atom is 0.262 e. The fourth-order valence-electron chi connectivity index (χ4n) is 3.94. The van der Waals surface area contributed by atoms with Gasteiger partial charge >= 0.3 is 0 Å². The molecule has 2 aromatic carbocycles. The number of sulfonamides is 1. The van der Waals surface area contributed by atoms with Crippen LogP contribution in [0.3, 0.4) is 0 Å². The first kappa shape index (κ1) is 26.7. The Balaban J connectivity index is 1.85. The van der Waals surface area contributed by atoms with E-state index >= 15 is 0 Å². The molecule has 1 aliphatic rings. The van der Waals surface area contributed by atoms with Gasteiger partial charge in [0.15, 0.2) is 0 Å². The lowest BCUT2D eigenvalue weighted by Crippen LogP contribution is -2.54. The maximum atomic E-state index is 13.7. The van der Waals surface area contributed by atoms with E-state index in [0.29, 0.717) is 32.8 Å². The fourth-order valence-corrected chi connectivity index (χ4v) is 6.58. The van der Waals surface area contributed by atoms with Crippen molar-refractivity contribution in [3.8, 4) is 0 Å². The number of nitrogens with zero attached hydrogens (tertiary/aromatic N) is 2. The van der Waals surface area contributed by atoms with Crippen LogP contribution in [-0.4, -0.2) is 74.2 Å². The monoisotopic (exact) mass is 507 g/mol. The topological polar surface area (TPSA) is 99.2 Å². The normalized spacial score (nSPS) is 16.1. The highest BCUT2D eigenvalue weighted by atomic mass is 32.2. The first-order chi connectivity index (χ1) is 16.2. The summed E-state index contributed by atoms with van der Waals surface area (Å²) in [5.74, 6) is -1.09. The first-order valence-corrected chi connectivity index (χ1v) is 13.6. The van der Waals surface area contributed by atoms with Gasteiger partial charge in [-0.25, -0.2) is 13.9 Å². The molecule has 3 rings (SSSR count). The van der Waals surface area contributed by atoms with Gasteiger partial charge in [0.05, 0.1) is 18.1 Å². The molecular formula is C24H33N3O5S2. The van der Waals surface area contributed by atoms with E-state index in [1.807, 2.05) is 25.1 Å². The molecule has 0 saturated carbocycles. The average molecular weight is 508 g/mol. The van der Waals surface area contributed by atoms with Crippen LogP contribution in [-0.2, 0) is 19.6 Å². The van der Waals surface area contributed by atoms with Gasteiger partial charge in [0.2, 0.25) is 10.0 Å². The Morgan fingerprint density at radius 3 is 2.41 bits per heavy atom. The number of rotatable bonds is 10. The number of carbonyl (C=O) groups is 1. The quantitative estimate of drug-likeness (QED) is 0.377.